The number of hydrogen-bond acceptors (Lipinski definition) is 11. The first-order valence-corrected chi connectivity index (χ1v) is 36.4. The molecular weight excluding hydrogens is 1230 g/mol. The van der Waals surface area contributed by atoms with Crippen molar-refractivity contribution in [2.45, 2.75) is 181 Å². The number of amides is 1. The summed E-state index contributed by atoms with van der Waals surface area (Å²) in [6.07, 6.45) is 30.1. The molecule has 4 N–H and O–H groups in total. The molecule has 0 saturated carbocycles. The Morgan fingerprint density at radius 3 is 0.899 bits per heavy atom. The topological polar surface area (TPSA) is 189 Å². The molecular formula is C85H91N9O5. The Labute approximate surface area is 581 Å². The van der Waals surface area contributed by atoms with Crippen LogP contribution in [0.25, 0.3) is 89.7 Å². The predicted molar refractivity (Wildman–Crippen MR) is 400 cm³/mol. The third kappa shape index (κ3) is 17.4. The van der Waals surface area contributed by atoms with E-state index in [1.807, 2.05) is 97.1 Å². The number of hydrogen-bond donors (Lipinski definition) is 3. The van der Waals surface area contributed by atoms with E-state index in [9.17, 15) is 4.79 Å². The molecule has 2 aliphatic rings. The van der Waals surface area contributed by atoms with Crippen molar-refractivity contribution < 1.29 is 23.7 Å². The van der Waals surface area contributed by atoms with Gasteiger partial charge in [-0.15, -0.1) is 0 Å². The second-order valence-corrected chi connectivity index (χ2v) is 26.7. The number of aryl methyl sites for hydroxylation is 3. The molecule has 99 heavy (non-hydrogen) atoms. The van der Waals surface area contributed by atoms with Gasteiger partial charge in [-0.05, 0) is 182 Å². The van der Waals surface area contributed by atoms with Gasteiger partial charge in [0.05, 0.1) is 6.42 Å². The summed E-state index contributed by atoms with van der Waals surface area (Å²) >= 11 is 0. The Hall–Kier alpha value is -10.2. The van der Waals surface area contributed by atoms with Crippen molar-refractivity contribution in [3.05, 3.63) is 192 Å². The van der Waals surface area contributed by atoms with Gasteiger partial charge in [-0.3, -0.25) is 4.79 Å². The summed E-state index contributed by atoms with van der Waals surface area (Å²) in [5.41, 5.74) is 15.3. The minimum absolute atomic E-state index is 0.131. The Morgan fingerprint density at radius 2 is 0.566 bits per heavy atom. The van der Waals surface area contributed by atoms with E-state index >= 15 is 0 Å². The van der Waals surface area contributed by atoms with E-state index in [2.05, 4.69) is 104 Å². The molecule has 3 aromatic heterocycles. The van der Waals surface area contributed by atoms with E-state index < -0.39 is 5.91 Å². The van der Waals surface area contributed by atoms with Gasteiger partial charge in [0.2, 0.25) is 5.91 Å². The SMILES string of the molecule is CCCCCCCCCc1ccc(Oc2ccc3c(c2)-c2nc-3nc3[nH]c(nc4nc(nc5[nH]c(n2)c2ccc(Oc6ccc(CCCCCCCCC)cc6)cc52)-c2ccc(Oc5ccc(CC(N)=O)cc5)cc2-4)c2ccc(Oc4ccc(CCCCCCCCC)cc4)cc32)cc1. The van der Waals surface area contributed by atoms with Crippen molar-refractivity contribution in [2.75, 3.05) is 0 Å². The number of aromatic nitrogens is 8. The van der Waals surface area contributed by atoms with Gasteiger partial charge in [0.25, 0.3) is 0 Å². The highest BCUT2D eigenvalue weighted by atomic mass is 16.5. The molecule has 0 atom stereocenters. The van der Waals surface area contributed by atoms with Gasteiger partial charge < -0.3 is 34.6 Å². The van der Waals surface area contributed by atoms with Crippen molar-refractivity contribution >= 4 is 50.0 Å². The predicted octanol–water partition coefficient (Wildman–Crippen LogP) is 22.9. The van der Waals surface area contributed by atoms with Gasteiger partial charge in [-0.25, -0.2) is 29.9 Å². The zero-order valence-corrected chi connectivity index (χ0v) is 57.6. The standard InChI is InChI=1S/C85H91N9O5/c1-4-7-10-13-16-19-22-25-57-28-36-61(37-29-57)96-65-44-48-69-73(53-65)82-87-78(69)89-83-75-55-67(98-63-40-32-59(33-41-63)27-24-21-18-15-12-9-6-3)46-50-71(75)80(91-83)93-85-76-56-68(99-64-42-34-60(35-43-64)52-77(86)95)47-51-72(76)81(94-85)92-84-74-54-66(45-49-70(74)79(88-82)90-84)97-62-38-30-58(31-39-62)26-23-20-17-14-11-8-5-2/h28-51,53-56H,4-27,52H2,1-3H3,(H2,86,95)(H2,87,88,89,90,91,92,93,94). The number of unbranched alkanes of at least 4 members (excludes halogenated alkanes) is 18. The van der Waals surface area contributed by atoms with Crippen molar-refractivity contribution in [1.29, 1.82) is 0 Å². The van der Waals surface area contributed by atoms with Crippen molar-refractivity contribution in [3.63, 3.8) is 0 Å². The average molecular weight is 1320 g/mol. The number of nitrogens with two attached hydrogens (primary N) is 1. The maximum Gasteiger partial charge on any atom is 0.221 e. The van der Waals surface area contributed by atoms with Crippen LogP contribution in [0.2, 0.25) is 0 Å². The van der Waals surface area contributed by atoms with Crippen LogP contribution in [-0.4, -0.2) is 45.8 Å². The Balaban J connectivity index is 0.901. The smallest absolute Gasteiger partial charge is 0.221 e. The lowest BCUT2D eigenvalue weighted by molar-refractivity contribution is -0.117. The minimum atomic E-state index is -0.403. The number of benzene rings is 8. The number of nitrogens with zero attached hydrogens (tertiary/aromatic N) is 6. The summed E-state index contributed by atoms with van der Waals surface area (Å²) in [5.74, 6) is 6.56. The van der Waals surface area contributed by atoms with Gasteiger partial charge >= 0.3 is 0 Å². The average Bonchev–Trinajstić information content (AvgIpc) is 1.61. The number of carbonyl (C=O) groups is 1. The molecule has 14 heteroatoms. The van der Waals surface area contributed by atoms with Crippen LogP contribution in [0.4, 0.5) is 0 Å². The van der Waals surface area contributed by atoms with Crippen LogP contribution >= 0.6 is 0 Å². The van der Waals surface area contributed by atoms with E-state index in [-0.39, 0.29) is 6.42 Å². The fourth-order valence-corrected chi connectivity index (χ4v) is 13.4. The Bertz CT molecular complexity index is 4670. The maximum absolute atomic E-state index is 11.7. The molecule has 5 heterocycles. The molecule has 13 rings (SSSR count). The lowest BCUT2D eigenvalue weighted by atomic mass is 10.0. The highest BCUT2D eigenvalue weighted by Crippen LogP contribution is 2.42. The first-order valence-electron chi connectivity index (χ1n) is 36.4. The zero-order valence-electron chi connectivity index (χ0n) is 57.6. The normalized spacial score (nSPS) is 11.7. The monoisotopic (exact) mass is 1320 g/mol. The highest BCUT2D eigenvalue weighted by Gasteiger charge is 2.25. The molecule has 0 radical (unpaired) electrons. The van der Waals surface area contributed by atoms with Gasteiger partial charge in [-0.2, -0.15) is 0 Å². The third-order valence-electron chi connectivity index (χ3n) is 18.9. The molecule has 0 fully saturated rings. The molecule has 1 amide bonds. The molecule has 506 valence electrons. The number of fused-ring (bicyclic) bond motifs is 20. The number of aromatic amines is 2. The molecule has 0 saturated heterocycles. The molecule has 0 unspecified atom stereocenters. The Morgan fingerprint density at radius 1 is 0.293 bits per heavy atom. The molecule has 8 aromatic carbocycles. The van der Waals surface area contributed by atoms with Gasteiger partial charge in [-0.1, -0.05) is 185 Å². The lowest BCUT2D eigenvalue weighted by Gasteiger charge is -2.09. The van der Waals surface area contributed by atoms with Crippen LogP contribution in [-0.2, 0) is 30.5 Å². The lowest BCUT2D eigenvalue weighted by Crippen LogP contribution is -2.13. The number of nitrogens with one attached hydrogen (secondary N) is 2. The van der Waals surface area contributed by atoms with Crippen molar-refractivity contribution in [2.24, 2.45) is 5.73 Å². The first kappa shape index (κ1) is 67.4. The fourth-order valence-electron chi connectivity index (χ4n) is 13.4. The largest absolute Gasteiger partial charge is 0.457 e. The summed E-state index contributed by atoms with van der Waals surface area (Å²) < 4.78 is 26.4. The summed E-state index contributed by atoms with van der Waals surface area (Å²) in [6, 6.07) is 56.4. The number of ether oxygens (including phenoxy) is 4. The summed E-state index contributed by atoms with van der Waals surface area (Å²) in [4.78, 5) is 51.2. The second kappa shape index (κ2) is 32.9. The van der Waals surface area contributed by atoms with Gasteiger partial charge in [0, 0.05) is 43.8 Å². The third-order valence-corrected chi connectivity index (χ3v) is 18.9. The minimum Gasteiger partial charge on any atom is -0.457 e. The number of primary amides is 1. The van der Waals surface area contributed by atoms with E-state index in [0.717, 1.165) is 80.3 Å². The highest BCUT2D eigenvalue weighted by molar-refractivity contribution is 6.07. The number of rotatable bonds is 34. The van der Waals surface area contributed by atoms with Crippen molar-refractivity contribution in [3.8, 4) is 91.5 Å². The summed E-state index contributed by atoms with van der Waals surface area (Å²) in [5, 5.41) is 3.10. The van der Waals surface area contributed by atoms with Crippen LogP contribution < -0.4 is 24.7 Å². The second-order valence-electron chi connectivity index (χ2n) is 26.7. The number of H-pyrrole nitrogens is 2. The zero-order chi connectivity index (χ0) is 67.7. The van der Waals surface area contributed by atoms with Crippen LogP contribution in [0.5, 0.6) is 46.0 Å². The molecule has 0 aliphatic carbocycles. The Kier molecular flexibility index (Phi) is 22.4. The molecule has 11 aromatic rings. The molecule has 2 aliphatic heterocycles. The van der Waals surface area contributed by atoms with E-state index in [0.29, 0.717) is 80.2 Å². The first-order chi connectivity index (χ1) is 48.7. The summed E-state index contributed by atoms with van der Waals surface area (Å²) in [7, 11) is 0. The van der Waals surface area contributed by atoms with Gasteiger partial charge in [0.15, 0.2) is 23.3 Å². The molecule has 14 nitrogen and oxygen atoms in total. The van der Waals surface area contributed by atoms with Gasteiger partial charge in [0.1, 0.15) is 68.6 Å². The molecule has 0 spiro atoms. The fraction of sp³-hybridized carbons (Fsp3) is 0.329. The van der Waals surface area contributed by atoms with E-state index in [1.165, 1.54) is 152 Å². The van der Waals surface area contributed by atoms with Crippen LogP contribution in [0.1, 0.15) is 178 Å². The van der Waals surface area contributed by atoms with E-state index in [1.54, 1.807) is 0 Å². The molecule has 8 bridgehead atoms. The maximum atomic E-state index is 11.7. The van der Waals surface area contributed by atoms with Crippen LogP contribution in [0.3, 0.4) is 0 Å². The van der Waals surface area contributed by atoms with E-state index in [4.69, 9.17) is 54.6 Å². The number of carbonyl (C=O) groups excluding carboxylic acids is 1. The van der Waals surface area contributed by atoms with Crippen LogP contribution in [0, 0.1) is 0 Å². The summed E-state index contributed by atoms with van der Waals surface area (Å²) in [6.45, 7) is 6.79. The van der Waals surface area contributed by atoms with Crippen LogP contribution in [0.15, 0.2) is 170 Å². The quantitative estimate of drug-likeness (QED) is 0.0326. The van der Waals surface area contributed by atoms with Crippen molar-refractivity contribution in [1.82, 2.24) is 39.9 Å².